The summed E-state index contributed by atoms with van der Waals surface area (Å²) in [6.45, 7) is 0.471. The summed E-state index contributed by atoms with van der Waals surface area (Å²) >= 11 is 6.13. The predicted molar refractivity (Wildman–Crippen MR) is 95.0 cm³/mol. The summed E-state index contributed by atoms with van der Waals surface area (Å²) in [6, 6.07) is 6.42. The van der Waals surface area contributed by atoms with E-state index in [1.165, 1.54) is 4.90 Å². The van der Waals surface area contributed by atoms with Gasteiger partial charge in [0.1, 0.15) is 6.04 Å². The van der Waals surface area contributed by atoms with Crippen molar-refractivity contribution in [3.05, 3.63) is 40.5 Å². The third-order valence-electron chi connectivity index (χ3n) is 5.07. The fourth-order valence-electron chi connectivity index (χ4n) is 3.57. The zero-order chi connectivity index (χ0) is 17.6. The molecular weight excluding hydrogens is 340 g/mol. The van der Waals surface area contributed by atoms with Crippen molar-refractivity contribution in [1.82, 2.24) is 9.88 Å². The van der Waals surface area contributed by atoms with Crippen LogP contribution in [0.3, 0.4) is 0 Å². The Bertz CT molecular complexity index is 863. The van der Waals surface area contributed by atoms with Crippen LogP contribution in [0.4, 0.5) is 0 Å². The van der Waals surface area contributed by atoms with Crippen LogP contribution in [0.2, 0.25) is 5.02 Å². The van der Waals surface area contributed by atoms with Crippen LogP contribution in [0.5, 0.6) is 0 Å². The number of carboxylic acid groups (broad SMARTS) is 1. The van der Waals surface area contributed by atoms with E-state index < -0.39 is 12.0 Å². The standard InChI is InChI=1S/C19H19ClN2O3/c20-12-6-7-15-13(9-12)14(10-16(21-15)11-4-5-11)18(23)22-8-2-1-3-17(22)19(24)25/h6-7,9-11,17H,1-5,8H2,(H,24,25)/t17-/m1/s1. The largest absolute Gasteiger partial charge is 0.480 e. The van der Waals surface area contributed by atoms with E-state index in [2.05, 4.69) is 4.98 Å². The van der Waals surface area contributed by atoms with Gasteiger partial charge in [0.2, 0.25) is 0 Å². The normalized spacial score (nSPS) is 20.7. The number of hydrogen-bond donors (Lipinski definition) is 1. The Kier molecular flexibility index (Phi) is 4.12. The van der Waals surface area contributed by atoms with Gasteiger partial charge in [-0.25, -0.2) is 4.79 Å². The number of aliphatic carboxylic acids is 1. The van der Waals surface area contributed by atoms with E-state index in [9.17, 15) is 14.7 Å². The number of benzene rings is 1. The summed E-state index contributed by atoms with van der Waals surface area (Å²) < 4.78 is 0. The Hall–Kier alpha value is -2.14. The molecule has 6 heteroatoms. The lowest BCUT2D eigenvalue weighted by Gasteiger charge is -2.33. The number of pyridine rings is 1. The molecule has 1 N–H and O–H groups in total. The molecule has 130 valence electrons. The maximum atomic E-state index is 13.2. The molecule has 4 rings (SSSR count). The van der Waals surface area contributed by atoms with E-state index in [4.69, 9.17) is 11.6 Å². The molecular formula is C19H19ClN2O3. The van der Waals surface area contributed by atoms with Crippen LogP contribution in [0.1, 0.15) is 54.1 Å². The van der Waals surface area contributed by atoms with E-state index in [0.29, 0.717) is 34.9 Å². The van der Waals surface area contributed by atoms with Gasteiger partial charge in [0.25, 0.3) is 5.91 Å². The first-order chi connectivity index (χ1) is 12.0. The highest BCUT2D eigenvalue weighted by atomic mass is 35.5. The minimum Gasteiger partial charge on any atom is -0.480 e. The number of carbonyl (C=O) groups is 2. The molecule has 5 nitrogen and oxygen atoms in total. The number of nitrogens with zero attached hydrogens (tertiary/aromatic N) is 2. The molecule has 1 saturated heterocycles. The van der Waals surface area contributed by atoms with Gasteiger partial charge in [0.05, 0.1) is 11.1 Å². The quantitative estimate of drug-likeness (QED) is 0.904. The van der Waals surface area contributed by atoms with Crippen molar-refractivity contribution in [2.75, 3.05) is 6.54 Å². The summed E-state index contributed by atoms with van der Waals surface area (Å²) in [6.07, 6.45) is 4.33. The molecule has 25 heavy (non-hydrogen) atoms. The minimum atomic E-state index is -0.938. The summed E-state index contributed by atoms with van der Waals surface area (Å²) in [7, 11) is 0. The topological polar surface area (TPSA) is 70.5 Å². The van der Waals surface area contributed by atoms with Crippen LogP contribution in [-0.4, -0.2) is 39.5 Å². The maximum absolute atomic E-state index is 13.2. The molecule has 1 amide bonds. The highest BCUT2D eigenvalue weighted by Crippen LogP contribution is 2.40. The average molecular weight is 359 g/mol. The van der Waals surface area contributed by atoms with Gasteiger partial charge >= 0.3 is 5.97 Å². The van der Waals surface area contributed by atoms with Crippen LogP contribution in [0.15, 0.2) is 24.3 Å². The number of rotatable bonds is 3. The lowest BCUT2D eigenvalue weighted by atomic mass is 9.99. The summed E-state index contributed by atoms with van der Waals surface area (Å²) in [5.41, 5.74) is 2.17. The molecule has 1 atom stereocenters. The number of fused-ring (bicyclic) bond motifs is 1. The molecule has 1 aromatic carbocycles. The molecule has 2 aromatic rings. The highest BCUT2D eigenvalue weighted by Gasteiger charge is 2.34. The molecule has 2 fully saturated rings. The second-order valence-corrected chi connectivity index (χ2v) is 7.32. The third kappa shape index (κ3) is 3.09. The predicted octanol–water partition coefficient (Wildman–Crippen LogP) is 3.84. The second-order valence-electron chi connectivity index (χ2n) is 6.88. The first-order valence-electron chi connectivity index (χ1n) is 8.68. The molecule has 1 aliphatic heterocycles. The molecule has 0 spiro atoms. The summed E-state index contributed by atoms with van der Waals surface area (Å²) in [5.74, 6) is -0.765. The van der Waals surface area contributed by atoms with Gasteiger partial charge in [-0.2, -0.15) is 0 Å². The minimum absolute atomic E-state index is 0.233. The number of halogens is 1. The van der Waals surface area contributed by atoms with Crippen molar-refractivity contribution in [1.29, 1.82) is 0 Å². The fourth-order valence-corrected chi connectivity index (χ4v) is 3.74. The number of hydrogen-bond acceptors (Lipinski definition) is 3. The van der Waals surface area contributed by atoms with Crippen molar-refractivity contribution in [2.24, 2.45) is 0 Å². The highest BCUT2D eigenvalue weighted by molar-refractivity contribution is 6.31. The number of aromatic nitrogens is 1. The summed E-state index contributed by atoms with van der Waals surface area (Å²) in [4.78, 5) is 31.0. The molecule has 0 unspecified atom stereocenters. The Labute approximate surface area is 150 Å². The van der Waals surface area contributed by atoms with Gasteiger partial charge in [-0.05, 0) is 56.4 Å². The van der Waals surface area contributed by atoms with Crippen LogP contribution in [-0.2, 0) is 4.79 Å². The number of piperidine rings is 1. The van der Waals surface area contributed by atoms with Crippen molar-refractivity contribution in [3.63, 3.8) is 0 Å². The van der Waals surface area contributed by atoms with E-state index in [-0.39, 0.29) is 5.91 Å². The first-order valence-corrected chi connectivity index (χ1v) is 9.06. The molecule has 1 aromatic heterocycles. The molecule has 1 saturated carbocycles. The van der Waals surface area contributed by atoms with E-state index in [1.807, 2.05) is 12.1 Å². The molecule has 0 radical (unpaired) electrons. The fraction of sp³-hybridized carbons (Fsp3) is 0.421. The third-order valence-corrected chi connectivity index (χ3v) is 5.30. The summed E-state index contributed by atoms with van der Waals surface area (Å²) in [5, 5.41) is 10.7. The number of amides is 1. The number of likely N-dealkylation sites (tertiary alicyclic amines) is 1. The van der Waals surface area contributed by atoms with Crippen LogP contribution < -0.4 is 0 Å². The van der Waals surface area contributed by atoms with Crippen molar-refractivity contribution >= 4 is 34.4 Å². The van der Waals surface area contributed by atoms with E-state index >= 15 is 0 Å². The lowest BCUT2D eigenvalue weighted by molar-refractivity contribution is -0.143. The maximum Gasteiger partial charge on any atom is 0.326 e. The zero-order valence-corrected chi connectivity index (χ0v) is 14.5. The van der Waals surface area contributed by atoms with Gasteiger partial charge < -0.3 is 10.0 Å². The van der Waals surface area contributed by atoms with Gasteiger partial charge in [-0.1, -0.05) is 11.6 Å². The van der Waals surface area contributed by atoms with E-state index in [1.54, 1.807) is 12.1 Å². The monoisotopic (exact) mass is 358 g/mol. The number of carbonyl (C=O) groups excluding carboxylic acids is 1. The Morgan fingerprint density at radius 3 is 2.68 bits per heavy atom. The van der Waals surface area contributed by atoms with Gasteiger partial charge in [-0.15, -0.1) is 0 Å². The van der Waals surface area contributed by atoms with Gasteiger partial charge in [-0.3, -0.25) is 9.78 Å². The van der Waals surface area contributed by atoms with Crippen molar-refractivity contribution < 1.29 is 14.7 Å². The Morgan fingerprint density at radius 1 is 1.16 bits per heavy atom. The van der Waals surface area contributed by atoms with Crippen LogP contribution >= 0.6 is 11.6 Å². The Morgan fingerprint density at radius 2 is 1.96 bits per heavy atom. The number of carboxylic acids is 1. The van der Waals surface area contributed by atoms with Crippen molar-refractivity contribution in [3.8, 4) is 0 Å². The Balaban J connectivity index is 1.82. The SMILES string of the molecule is O=C(O)[C@H]1CCCCN1C(=O)c1cc(C2CC2)nc2ccc(Cl)cc12. The van der Waals surface area contributed by atoms with Crippen molar-refractivity contribution in [2.45, 2.75) is 44.1 Å². The van der Waals surface area contributed by atoms with Gasteiger partial charge in [0.15, 0.2) is 0 Å². The molecule has 1 aliphatic carbocycles. The average Bonchev–Trinajstić information content (AvgIpc) is 3.45. The molecule has 2 aliphatic rings. The molecule has 0 bridgehead atoms. The second kappa shape index (κ2) is 6.30. The lowest BCUT2D eigenvalue weighted by Crippen LogP contribution is -2.48. The van der Waals surface area contributed by atoms with Gasteiger partial charge in [0, 0.05) is 28.6 Å². The zero-order valence-electron chi connectivity index (χ0n) is 13.7. The molecule has 2 heterocycles. The van der Waals surface area contributed by atoms with Crippen LogP contribution in [0, 0.1) is 0 Å². The first kappa shape index (κ1) is 16.3. The van der Waals surface area contributed by atoms with E-state index in [0.717, 1.165) is 36.9 Å². The smallest absolute Gasteiger partial charge is 0.326 e. The van der Waals surface area contributed by atoms with Crippen LogP contribution in [0.25, 0.3) is 10.9 Å².